The summed E-state index contributed by atoms with van der Waals surface area (Å²) in [6.45, 7) is 10.0. The monoisotopic (exact) mass is 262 g/mol. The van der Waals surface area contributed by atoms with E-state index in [2.05, 4.69) is 23.6 Å². The minimum Gasteiger partial charge on any atom is -0.423 e. The molecule has 1 aliphatic rings. The topological polar surface area (TPSA) is 46.9 Å². The van der Waals surface area contributed by atoms with Gasteiger partial charge in [0.15, 0.2) is 0 Å². The number of piperazine rings is 1. The summed E-state index contributed by atoms with van der Waals surface area (Å²) in [5.41, 5.74) is 1.78. The summed E-state index contributed by atoms with van der Waals surface area (Å²) in [5.74, 6) is 0. The molecule has 1 heterocycles. The molecule has 1 aromatic carbocycles. The first kappa shape index (κ1) is 14.5. The van der Waals surface area contributed by atoms with E-state index in [0.717, 1.165) is 32.7 Å². The zero-order valence-corrected chi connectivity index (χ0v) is 11.8. The van der Waals surface area contributed by atoms with E-state index in [9.17, 15) is 0 Å². The van der Waals surface area contributed by atoms with Crippen LogP contribution in [0.1, 0.15) is 25.5 Å². The molecule has 2 rings (SSSR count). The van der Waals surface area contributed by atoms with Gasteiger partial charge < -0.3 is 14.9 Å². The number of benzene rings is 1. The average Bonchev–Trinajstić information content (AvgIpc) is 2.46. The van der Waals surface area contributed by atoms with Crippen LogP contribution in [0.15, 0.2) is 24.3 Å². The van der Waals surface area contributed by atoms with Crippen LogP contribution in [0.3, 0.4) is 0 Å². The highest BCUT2D eigenvalue weighted by Crippen LogP contribution is 2.20. The van der Waals surface area contributed by atoms with Crippen LogP contribution in [0, 0.1) is 0 Å². The Morgan fingerprint density at radius 1 is 1.11 bits per heavy atom. The summed E-state index contributed by atoms with van der Waals surface area (Å²) in [6, 6.07) is 7.94. The molecule has 0 amide bonds. The Bertz CT molecular complexity index is 389. The highest BCUT2D eigenvalue weighted by Gasteiger charge is 2.21. The standard InChI is InChI=1S/C14H23BN2O2/c1-3-16-8-10-17(11-9-16)12(2)13-4-6-14(7-5-13)15(18)19/h4-7,12,18-19H,3,8-11H2,1-2H3/t12-/m0/s1. The van der Waals surface area contributed by atoms with Crippen molar-refractivity contribution >= 4 is 12.6 Å². The highest BCUT2D eigenvalue weighted by molar-refractivity contribution is 6.58. The Morgan fingerprint density at radius 2 is 1.68 bits per heavy atom. The molecule has 5 heteroatoms. The molecule has 0 bridgehead atoms. The number of nitrogens with zero attached hydrogens (tertiary/aromatic N) is 2. The van der Waals surface area contributed by atoms with Crippen molar-refractivity contribution in [2.24, 2.45) is 0 Å². The molecule has 1 atom stereocenters. The van der Waals surface area contributed by atoms with Crippen LogP contribution in [0.2, 0.25) is 0 Å². The van der Waals surface area contributed by atoms with E-state index in [0.29, 0.717) is 11.5 Å². The van der Waals surface area contributed by atoms with Crippen molar-refractivity contribution in [3.05, 3.63) is 29.8 Å². The number of hydrogen-bond acceptors (Lipinski definition) is 4. The molecule has 1 saturated heterocycles. The molecule has 19 heavy (non-hydrogen) atoms. The largest absolute Gasteiger partial charge is 0.488 e. The van der Waals surface area contributed by atoms with E-state index in [1.165, 1.54) is 5.56 Å². The molecule has 0 unspecified atom stereocenters. The highest BCUT2D eigenvalue weighted by atomic mass is 16.4. The maximum absolute atomic E-state index is 9.10. The van der Waals surface area contributed by atoms with Gasteiger partial charge in [0, 0.05) is 32.2 Å². The number of hydrogen-bond donors (Lipinski definition) is 2. The predicted molar refractivity (Wildman–Crippen MR) is 78.4 cm³/mol. The molecule has 4 nitrogen and oxygen atoms in total. The van der Waals surface area contributed by atoms with Gasteiger partial charge in [-0.1, -0.05) is 31.2 Å². The summed E-state index contributed by atoms with van der Waals surface area (Å²) < 4.78 is 0. The van der Waals surface area contributed by atoms with Gasteiger partial charge in [0.25, 0.3) is 0 Å². The second kappa shape index (κ2) is 6.52. The van der Waals surface area contributed by atoms with E-state index in [1.807, 2.05) is 12.1 Å². The van der Waals surface area contributed by atoms with Crippen LogP contribution in [-0.2, 0) is 0 Å². The van der Waals surface area contributed by atoms with Crippen molar-refractivity contribution in [3.8, 4) is 0 Å². The van der Waals surface area contributed by atoms with Gasteiger partial charge in [-0.2, -0.15) is 0 Å². The Hall–Kier alpha value is -0.875. The lowest BCUT2D eigenvalue weighted by molar-refractivity contribution is 0.106. The molecule has 0 aromatic heterocycles. The molecule has 0 aliphatic carbocycles. The van der Waals surface area contributed by atoms with Crippen molar-refractivity contribution in [1.29, 1.82) is 0 Å². The van der Waals surface area contributed by atoms with Crippen LogP contribution in [0.5, 0.6) is 0 Å². The van der Waals surface area contributed by atoms with Gasteiger partial charge in [-0.15, -0.1) is 0 Å². The normalized spacial score (nSPS) is 19.4. The van der Waals surface area contributed by atoms with Gasteiger partial charge in [-0.3, -0.25) is 4.90 Å². The minimum absolute atomic E-state index is 0.379. The van der Waals surface area contributed by atoms with Crippen molar-refractivity contribution in [1.82, 2.24) is 9.80 Å². The van der Waals surface area contributed by atoms with Crippen LogP contribution in [0.4, 0.5) is 0 Å². The van der Waals surface area contributed by atoms with Gasteiger partial charge in [0.05, 0.1) is 0 Å². The molecule has 1 aliphatic heterocycles. The lowest BCUT2D eigenvalue weighted by atomic mass is 9.80. The molecule has 0 spiro atoms. The zero-order chi connectivity index (χ0) is 13.8. The van der Waals surface area contributed by atoms with Gasteiger partial charge in [0.1, 0.15) is 0 Å². The molecule has 0 saturated carbocycles. The Balaban J connectivity index is 1.97. The third kappa shape index (κ3) is 3.57. The maximum atomic E-state index is 9.10. The summed E-state index contributed by atoms with van der Waals surface area (Å²) >= 11 is 0. The summed E-state index contributed by atoms with van der Waals surface area (Å²) in [4.78, 5) is 4.95. The van der Waals surface area contributed by atoms with Crippen LogP contribution >= 0.6 is 0 Å². The first-order chi connectivity index (χ1) is 9.11. The molecule has 0 radical (unpaired) electrons. The Kier molecular flexibility index (Phi) is 4.99. The van der Waals surface area contributed by atoms with Gasteiger partial charge in [0.2, 0.25) is 0 Å². The summed E-state index contributed by atoms with van der Waals surface area (Å²) in [6.07, 6.45) is 0. The smallest absolute Gasteiger partial charge is 0.423 e. The summed E-state index contributed by atoms with van der Waals surface area (Å²) in [7, 11) is -1.38. The Labute approximate surface area is 115 Å². The fourth-order valence-corrected chi connectivity index (χ4v) is 2.62. The van der Waals surface area contributed by atoms with Crippen molar-refractivity contribution in [2.75, 3.05) is 32.7 Å². The lowest BCUT2D eigenvalue weighted by Gasteiger charge is -2.37. The maximum Gasteiger partial charge on any atom is 0.488 e. The molecule has 2 N–H and O–H groups in total. The SMILES string of the molecule is CCN1CCN([C@@H](C)c2ccc(B(O)O)cc2)CC1. The van der Waals surface area contributed by atoms with E-state index < -0.39 is 7.12 Å². The van der Waals surface area contributed by atoms with E-state index in [1.54, 1.807) is 12.1 Å². The summed E-state index contributed by atoms with van der Waals surface area (Å²) in [5, 5.41) is 18.2. The van der Waals surface area contributed by atoms with Gasteiger partial charge >= 0.3 is 7.12 Å². The predicted octanol–water partition coefficient (Wildman–Crippen LogP) is 0.0649. The van der Waals surface area contributed by atoms with Crippen LogP contribution in [0.25, 0.3) is 0 Å². The first-order valence-corrected chi connectivity index (χ1v) is 7.04. The molecule has 104 valence electrons. The van der Waals surface area contributed by atoms with Crippen LogP contribution < -0.4 is 5.46 Å². The van der Waals surface area contributed by atoms with Crippen molar-refractivity contribution in [3.63, 3.8) is 0 Å². The lowest BCUT2D eigenvalue weighted by Crippen LogP contribution is -2.46. The van der Waals surface area contributed by atoms with Crippen molar-refractivity contribution in [2.45, 2.75) is 19.9 Å². The van der Waals surface area contributed by atoms with E-state index in [-0.39, 0.29) is 0 Å². The second-order valence-corrected chi connectivity index (χ2v) is 5.19. The minimum atomic E-state index is -1.38. The fraction of sp³-hybridized carbons (Fsp3) is 0.571. The zero-order valence-electron chi connectivity index (χ0n) is 11.8. The number of likely N-dealkylation sites (N-methyl/N-ethyl adjacent to an activating group) is 1. The fourth-order valence-electron chi connectivity index (χ4n) is 2.62. The Morgan fingerprint density at radius 3 is 2.16 bits per heavy atom. The van der Waals surface area contributed by atoms with Crippen molar-refractivity contribution < 1.29 is 10.0 Å². The molecular weight excluding hydrogens is 239 g/mol. The van der Waals surface area contributed by atoms with Gasteiger partial charge in [-0.25, -0.2) is 0 Å². The molecule has 1 fully saturated rings. The van der Waals surface area contributed by atoms with E-state index >= 15 is 0 Å². The molecular formula is C14H23BN2O2. The van der Waals surface area contributed by atoms with Crippen LogP contribution in [-0.4, -0.2) is 59.7 Å². The van der Waals surface area contributed by atoms with E-state index in [4.69, 9.17) is 10.0 Å². The second-order valence-electron chi connectivity index (χ2n) is 5.19. The number of rotatable bonds is 4. The first-order valence-electron chi connectivity index (χ1n) is 7.04. The third-order valence-corrected chi connectivity index (χ3v) is 4.12. The quantitative estimate of drug-likeness (QED) is 0.754. The third-order valence-electron chi connectivity index (χ3n) is 4.12. The molecule has 1 aromatic rings. The average molecular weight is 262 g/mol. The van der Waals surface area contributed by atoms with Gasteiger partial charge in [-0.05, 0) is 24.5 Å².